The van der Waals surface area contributed by atoms with Gasteiger partial charge in [-0.3, -0.25) is 9.59 Å². The average molecular weight is 156 g/mol. The molecule has 0 unspecified atom stereocenters. The van der Waals surface area contributed by atoms with Crippen LogP contribution in [0.1, 0.15) is 26.7 Å². The maximum absolute atomic E-state index is 10.9. The van der Waals surface area contributed by atoms with Crippen LogP contribution in [0.15, 0.2) is 0 Å². The molecule has 0 amide bonds. The summed E-state index contributed by atoms with van der Waals surface area (Å²) in [6.07, 6.45) is 1.76. The first kappa shape index (κ1) is 8.24. The van der Waals surface area contributed by atoms with E-state index in [2.05, 4.69) is 4.74 Å². The van der Waals surface area contributed by atoms with Crippen molar-refractivity contribution < 1.29 is 14.3 Å². The molecular weight excluding hydrogens is 144 g/mol. The Hall–Kier alpha value is -0.860. The van der Waals surface area contributed by atoms with Crippen LogP contribution in [0.4, 0.5) is 0 Å². The molecule has 1 rings (SSSR count). The lowest BCUT2D eigenvalue weighted by atomic mass is 10.2. The molecule has 0 atom stereocenters. The molecule has 62 valence electrons. The largest absolute Gasteiger partial charge is 0.393 e. The molecule has 0 saturated heterocycles. The Labute approximate surface area is 65.7 Å². The number of carbonyl (C=O) groups is 2. The molecule has 0 spiro atoms. The van der Waals surface area contributed by atoms with E-state index in [0.29, 0.717) is 0 Å². The molecule has 11 heavy (non-hydrogen) atoms. The topological polar surface area (TPSA) is 43.4 Å². The number of rotatable bonds is 2. The number of esters is 2. The predicted molar refractivity (Wildman–Crippen MR) is 38.7 cm³/mol. The number of hydrogen-bond acceptors (Lipinski definition) is 3. The van der Waals surface area contributed by atoms with Crippen LogP contribution in [-0.4, -0.2) is 11.9 Å². The Morgan fingerprint density at radius 1 is 1.36 bits per heavy atom. The molecule has 0 aliphatic heterocycles. The molecule has 0 heterocycles. The fourth-order valence-corrected chi connectivity index (χ4v) is 0.619. The highest BCUT2D eigenvalue weighted by molar-refractivity contribution is 5.88. The highest BCUT2D eigenvalue weighted by Crippen LogP contribution is 2.30. The fourth-order valence-electron chi connectivity index (χ4n) is 0.619. The second-order valence-electron chi connectivity index (χ2n) is 3.17. The molecule has 0 aromatic rings. The van der Waals surface area contributed by atoms with E-state index in [0.717, 1.165) is 12.8 Å². The van der Waals surface area contributed by atoms with Gasteiger partial charge in [0.15, 0.2) is 0 Å². The van der Waals surface area contributed by atoms with Gasteiger partial charge in [0.1, 0.15) is 0 Å². The van der Waals surface area contributed by atoms with Gasteiger partial charge in [-0.2, -0.15) is 0 Å². The van der Waals surface area contributed by atoms with Gasteiger partial charge in [-0.15, -0.1) is 0 Å². The zero-order chi connectivity index (χ0) is 8.43. The van der Waals surface area contributed by atoms with Crippen molar-refractivity contribution in [2.45, 2.75) is 26.7 Å². The third-order valence-corrected chi connectivity index (χ3v) is 1.58. The summed E-state index contributed by atoms with van der Waals surface area (Å²) < 4.78 is 4.56. The SMILES string of the molecule is CC(C)C(=O)OC(=O)C1CC1. The second kappa shape index (κ2) is 3.03. The van der Waals surface area contributed by atoms with Crippen molar-refractivity contribution in [3.8, 4) is 0 Å². The number of carbonyl (C=O) groups excluding carboxylic acids is 2. The summed E-state index contributed by atoms with van der Waals surface area (Å²) in [6.45, 7) is 3.42. The summed E-state index contributed by atoms with van der Waals surface area (Å²) in [5, 5.41) is 0. The Morgan fingerprint density at radius 3 is 2.27 bits per heavy atom. The second-order valence-corrected chi connectivity index (χ2v) is 3.17. The number of ether oxygens (including phenoxy) is 1. The first-order valence-corrected chi connectivity index (χ1v) is 3.87. The average Bonchev–Trinajstić information content (AvgIpc) is 2.67. The van der Waals surface area contributed by atoms with E-state index in [9.17, 15) is 9.59 Å². The third kappa shape index (κ3) is 2.33. The minimum absolute atomic E-state index is 0.0118. The van der Waals surface area contributed by atoms with Crippen molar-refractivity contribution >= 4 is 11.9 Å². The lowest BCUT2D eigenvalue weighted by molar-refractivity contribution is -0.162. The van der Waals surface area contributed by atoms with Crippen LogP contribution in [0.2, 0.25) is 0 Å². The minimum Gasteiger partial charge on any atom is -0.393 e. The van der Waals surface area contributed by atoms with E-state index in [1.54, 1.807) is 13.8 Å². The molecule has 0 N–H and O–H groups in total. The molecule has 3 heteroatoms. The molecule has 3 nitrogen and oxygen atoms in total. The lowest BCUT2D eigenvalue weighted by Gasteiger charge is -2.02. The quantitative estimate of drug-likeness (QED) is 0.444. The highest BCUT2D eigenvalue weighted by atomic mass is 16.6. The standard InChI is InChI=1S/C8H12O3/c1-5(2)7(9)11-8(10)6-3-4-6/h5-6H,3-4H2,1-2H3. The minimum atomic E-state index is -0.415. The van der Waals surface area contributed by atoms with Gasteiger partial charge in [-0.1, -0.05) is 13.8 Å². The molecule has 0 radical (unpaired) electrons. The summed E-state index contributed by atoms with van der Waals surface area (Å²) in [6, 6.07) is 0. The molecule has 1 saturated carbocycles. The molecule has 0 aromatic carbocycles. The van der Waals surface area contributed by atoms with Crippen LogP contribution < -0.4 is 0 Å². The zero-order valence-electron chi connectivity index (χ0n) is 6.79. The predicted octanol–water partition coefficient (Wildman–Crippen LogP) is 1.12. The van der Waals surface area contributed by atoms with Crippen molar-refractivity contribution in [1.82, 2.24) is 0 Å². The van der Waals surface area contributed by atoms with Crippen molar-refractivity contribution in [3.05, 3.63) is 0 Å². The monoisotopic (exact) mass is 156 g/mol. The van der Waals surface area contributed by atoms with Crippen LogP contribution in [0.25, 0.3) is 0 Å². The van der Waals surface area contributed by atoms with E-state index >= 15 is 0 Å². The van der Waals surface area contributed by atoms with Gasteiger partial charge >= 0.3 is 11.9 Å². The van der Waals surface area contributed by atoms with E-state index in [1.807, 2.05) is 0 Å². The van der Waals surface area contributed by atoms with E-state index < -0.39 is 5.97 Å². The molecular formula is C8H12O3. The highest BCUT2D eigenvalue weighted by Gasteiger charge is 2.33. The van der Waals surface area contributed by atoms with Crippen LogP contribution in [0.5, 0.6) is 0 Å². The third-order valence-electron chi connectivity index (χ3n) is 1.58. The summed E-state index contributed by atoms with van der Waals surface area (Å²) in [7, 11) is 0. The van der Waals surface area contributed by atoms with Gasteiger partial charge in [0.2, 0.25) is 0 Å². The molecule has 0 aromatic heterocycles. The summed E-state index contributed by atoms with van der Waals surface area (Å²) in [5.41, 5.74) is 0. The van der Waals surface area contributed by atoms with E-state index in [-0.39, 0.29) is 17.8 Å². The van der Waals surface area contributed by atoms with Crippen molar-refractivity contribution in [1.29, 1.82) is 0 Å². The van der Waals surface area contributed by atoms with Gasteiger partial charge in [0.25, 0.3) is 0 Å². The maximum Gasteiger partial charge on any atom is 0.316 e. The van der Waals surface area contributed by atoms with Crippen molar-refractivity contribution in [2.75, 3.05) is 0 Å². The molecule has 0 bridgehead atoms. The van der Waals surface area contributed by atoms with Gasteiger partial charge in [-0.25, -0.2) is 0 Å². The Kier molecular flexibility index (Phi) is 2.27. The number of hydrogen-bond donors (Lipinski definition) is 0. The van der Waals surface area contributed by atoms with Crippen molar-refractivity contribution in [3.63, 3.8) is 0 Å². The molecule has 1 aliphatic rings. The van der Waals surface area contributed by atoms with Gasteiger partial charge in [0.05, 0.1) is 11.8 Å². The Bertz CT molecular complexity index is 168. The Balaban J connectivity index is 2.29. The smallest absolute Gasteiger partial charge is 0.316 e. The van der Waals surface area contributed by atoms with Gasteiger partial charge < -0.3 is 4.74 Å². The van der Waals surface area contributed by atoms with Crippen LogP contribution in [-0.2, 0) is 14.3 Å². The lowest BCUT2D eigenvalue weighted by Crippen LogP contribution is -2.18. The van der Waals surface area contributed by atoms with Gasteiger partial charge in [-0.05, 0) is 12.8 Å². The first-order valence-electron chi connectivity index (χ1n) is 3.87. The summed E-state index contributed by atoms with van der Waals surface area (Å²) in [4.78, 5) is 21.7. The van der Waals surface area contributed by atoms with Gasteiger partial charge in [0, 0.05) is 0 Å². The fraction of sp³-hybridized carbons (Fsp3) is 0.750. The maximum atomic E-state index is 10.9. The van der Waals surface area contributed by atoms with E-state index in [4.69, 9.17) is 0 Å². The molecule has 1 aliphatic carbocycles. The summed E-state index contributed by atoms with van der Waals surface area (Å²) in [5.74, 6) is -0.957. The van der Waals surface area contributed by atoms with Crippen LogP contribution in [0.3, 0.4) is 0 Å². The normalized spacial score (nSPS) is 16.6. The Morgan fingerprint density at radius 2 is 1.91 bits per heavy atom. The van der Waals surface area contributed by atoms with E-state index in [1.165, 1.54) is 0 Å². The summed E-state index contributed by atoms with van der Waals surface area (Å²) >= 11 is 0. The van der Waals surface area contributed by atoms with Crippen LogP contribution in [0, 0.1) is 11.8 Å². The van der Waals surface area contributed by atoms with Crippen LogP contribution >= 0.6 is 0 Å². The zero-order valence-corrected chi connectivity index (χ0v) is 6.79. The molecule has 1 fully saturated rings. The first-order chi connectivity index (χ1) is 5.11. The van der Waals surface area contributed by atoms with Crippen molar-refractivity contribution in [2.24, 2.45) is 11.8 Å².